The molecule has 5 nitrogen and oxygen atoms in total. The number of nitrogens with zero attached hydrogens (tertiary/aromatic N) is 1. The minimum absolute atomic E-state index is 0.00647. The number of guanidine groups is 1. The molecule has 2 aromatic rings. The van der Waals surface area contributed by atoms with E-state index in [4.69, 9.17) is 15.2 Å². The first-order valence-corrected chi connectivity index (χ1v) is 7.27. The van der Waals surface area contributed by atoms with Crippen molar-refractivity contribution in [3.8, 4) is 11.5 Å². The van der Waals surface area contributed by atoms with E-state index in [2.05, 4.69) is 10.3 Å². The van der Waals surface area contributed by atoms with Crippen molar-refractivity contribution in [2.75, 3.05) is 26.1 Å². The Morgan fingerprint density at radius 2 is 1.83 bits per heavy atom. The fourth-order valence-electron chi connectivity index (χ4n) is 2.15. The molecular formula is C17H19F2N3O2. The van der Waals surface area contributed by atoms with E-state index in [-0.39, 0.29) is 24.5 Å². The van der Waals surface area contributed by atoms with Crippen LogP contribution >= 0.6 is 0 Å². The van der Waals surface area contributed by atoms with Crippen molar-refractivity contribution in [2.24, 2.45) is 10.7 Å². The number of nitrogens with two attached hydrogens (primary N) is 1. The smallest absolute Gasteiger partial charge is 0.193 e. The Kier molecular flexibility index (Phi) is 5.95. The average molecular weight is 335 g/mol. The van der Waals surface area contributed by atoms with Gasteiger partial charge in [0.15, 0.2) is 5.96 Å². The molecule has 0 radical (unpaired) electrons. The molecule has 0 bridgehead atoms. The number of rotatable bonds is 6. The molecule has 7 heteroatoms. The Morgan fingerprint density at radius 1 is 1.12 bits per heavy atom. The Morgan fingerprint density at radius 3 is 2.46 bits per heavy atom. The predicted molar refractivity (Wildman–Crippen MR) is 89.7 cm³/mol. The Labute approximate surface area is 139 Å². The quantitative estimate of drug-likeness (QED) is 0.629. The number of halogens is 2. The van der Waals surface area contributed by atoms with Gasteiger partial charge in [-0.05, 0) is 30.7 Å². The molecule has 0 aliphatic rings. The second-order valence-corrected chi connectivity index (χ2v) is 4.91. The highest BCUT2D eigenvalue weighted by Gasteiger charge is 2.08. The predicted octanol–water partition coefficient (Wildman–Crippen LogP) is 2.95. The number of hydrogen-bond donors (Lipinski definition) is 2. The van der Waals surface area contributed by atoms with Crippen LogP contribution in [0.4, 0.5) is 14.5 Å². The van der Waals surface area contributed by atoms with Crippen LogP contribution in [0.5, 0.6) is 11.5 Å². The number of ether oxygens (including phenoxy) is 2. The summed E-state index contributed by atoms with van der Waals surface area (Å²) in [7, 11) is 3.08. The number of hydrogen-bond acceptors (Lipinski definition) is 3. The van der Waals surface area contributed by atoms with Crippen molar-refractivity contribution in [1.29, 1.82) is 0 Å². The van der Waals surface area contributed by atoms with Crippen LogP contribution in [0.3, 0.4) is 0 Å². The van der Waals surface area contributed by atoms with Crippen LogP contribution in [0.25, 0.3) is 0 Å². The molecule has 2 aromatic carbocycles. The molecule has 2 rings (SSSR count). The van der Waals surface area contributed by atoms with Gasteiger partial charge in [0, 0.05) is 18.2 Å². The van der Waals surface area contributed by atoms with Gasteiger partial charge in [0.2, 0.25) is 0 Å². The summed E-state index contributed by atoms with van der Waals surface area (Å²) >= 11 is 0. The standard InChI is InChI=1S/C17H19F2N3O2/c1-23-11-6-7-16(24-2)15(10-11)22-17(20)21-9-8-12-13(18)4-3-5-14(12)19/h3-7,10H,8-9H2,1-2H3,(H3,20,21,22). The van der Waals surface area contributed by atoms with Gasteiger partial charge in [-0.15, -0.1) is 0 Å². The summed E-state index contributed by atoms with van der Waals surface area (Å²) in [5.74, 6) is 0.115. The summed E-state index contributed by atoms with van der Waals surface area (Å²) in [4.78, 5) is 4.08. The molecule has 0 heterocycles. The van der Waals surface area contributed by atoms with Crippen molar-refractivity contribution in [3.63, 3.8) is 0 Å². The van der Waals surface area contributed by atoms with Crippen molar-refractivity contribution in [1.82, 2.24) is 0 Å². The van der Waals surface area contributed by atoms with E-state index in [1.54, 1.807) is 25.3 Å². The summed E-state index contributed by atoms with van der Waals surface area (Å²) in [5.41, 5.74) is 6.39. The van der Waals surface area contributed by atoms with Crippen LogP contribution < -0.4 is 20.5 Å². The third kappa shape index (κ3) is 4.34. The maximum Gasteiger partial charge on any atom is 0.193 e. The van der Waals surface area contributed by atoms with Crippen LogP contribution in [0, 0.1) is 11.6 Å². The van der Waals surface area contributed by atoms with Gasteiger partial charge in [-0.2, -0.15) is 0 Å². The van der Waals surface area contributed by atoms with Crippen LogP contribution in [0.15, 0.2) is 41.4 Å². The van der Waals surface area contributed by atoms with Gasteiger partial charge in [0.25, 0.3) is 0 Å². The second kappa shape index (κ2) is 8.14. The molecule has 0 saturated carbocycles. The summed E-state index contributed by atoms with van der Waals surface area (Å²) in [6, 6.07) is 8.93. The molecule has 24 heavy (non-hydrogen) atoms. The molecule has 0 saturated heterocycles. The maximum absolute atomic E-state index is 13.5. The lowest BCUT2D eigenvalue weighted by atomic mass is 10.1. The molecule has 128 valence electrons. The number of anilines is 1. The minimum Gasteiger partial charge on any atom is -0.497 e. The molecule has 0 aliphatic heterocycles. The van der Waals surface area contributed by atoms with Crippen LogP contribution in [0.1, 0.15) is 5.56 Å². The molecule has 0 amide bonds. The zero-order chi connectivity index (χ0) is 17.5. The molecule has 0 unspecified atom stereocenters. The van der Waals surface area contributed by atoms with E-state index >= 15 is 0 Å². The lowest BCUT2D eigenvalue weighted by molar-refractivity contribution is 0.405. The van der Waals surface area contributed by atoms with Gasteiger partial charge in [-0.1, -0.05) is 6.07 Å². The van der Waals surface area contributed by atoms with E-state index in [1.165, 1.54) is 25.3 Å². The van der Waals surface area contributed by atoms with Gasteiger partial charge in [-0.25, -0.2) is 8.78 Å². The molecule has 0 spiro atoms. The van der Waals surface area contributed by atoms with Gasteiger partial charge >= 0.3 is 0 Å². The van der Waals surface area contributed by atoms with Crippen molar-refractivity contribution >= 4 is 11.6 Å². The Hall–Kier alpha value is -2.83. The number of aliphatic imine (C=N–C) groups is 1. The lowest BCUT2D eigenvalue weighted by Gasteiger charge is -2.12. The zero-order valence-electron chi connectivity index (χ0n) is 13.5. The molecule has 0 atom stereocenters. The van der Waals surface area contributed by atoms with E-state index < -0.39 is 11.6 Å². The van der Waals surface area contributed by atoms with Gasteiger partial charge < -0.3 is 20.5 Å². The first-order valence-electron chi connectivity index (χ1n) is 7.27. The Balaban J connectivity index is 2.04. The first kappa shape index (κ1) is 17.5. The number of benzene rings is 2. The van der Waals surface area contributed by atoms with E-state index in [0.29, 0.717) is 17.2 Å². The Bertz CT molecular complexity index is 716. The molecule has 3 N–H and O–H groups in total. The highest BCUT2D eigenvalue weighted by molar-refractivity contribution is 5.94. The summed E-state index contributed by atoms with van der Waals surface area (Å²) in [5, 5.41) is 2.89. The fraction of sp³-hybridized carbons (Fsp3) is 0.235. The van der Waals surface area contributed by atoms with Crippen molar-refractivity contribution in [2.45, 2.75) is 6.42 Å². The maximum atomic E-state index is 13.5. The highest BCUT2D eigenvalue weighted by Crippen LogP contribution is 2.28. The van der Waals surface area contributed by atoms with E-state index in [9.17, 15) is 8.78 Å². The SMILES string of the molecule is COc1ccc(OC)c(NC(N)=NCCc2c(F)cccc2F)c1. The topological polar surface area (TPSA) is 68.9 Å². The van der Waals surface area contributed by atoms with E-state index in [1.807, 2.05) is 0 Å². The van der Waals surface area contributed by atoms with Gasteiger partial charge in [0.1, 0.15) is 23.1 Å². The summed E-state index contributed by atoms with van der Waals surface area (Å²) in [6.07, 6.45) is 0.107. The van der Waals surface area contributed by atoms with Crippen LogP contribution in [-0.4, -0.2) is 26.7 Å². The van der Waals surface area contributed by atoms with Gasteiger partial charge in [0.05, 0.1) is 19.9 Å². The summed E-state index contributed by atoms with van der Waals surface area (Å²) < 4.78 is 37.4. The minimum atomic E-state index is -0.591. The lowest BCUT2D eigenvalue weighted by Crippen LogP contribution is -2.23. The van der Waals surface area contributed by atoms with Crippen molar-refractivity contribution in [3.05, 3.63) is 53.6 Å². The fourth-order valence-corrected chi connectivity index (χ4v) is 2.15. The number of nitrogens with one attached hydrogen (secondary N) is 1. The average Bonchev–Trinajstić information content (AvgIpc) is 2.57. The van der Waals surface area contributed by atoms with Crippen molar-refractivity contribution < 1.29 is 18.3 Å². The van der Waals surface area contributed by atoms with Crippen LogP contribution in [-0.2, 0) is 6.42 Å². The second-order valence-electron chi connectivity index (χ2n) is 4.91. The molecule has 0 aromatic heterocycles. The first-order chi connectivity index (χ1) is 11.5. The molecule has 0 fully saturated rings. The van der Waals surface area contributed by atoms with E-state index in [0.717, 1.165) is 0 Å². The largest absolute Gasteiger partial charge is 0.497 e. The monoisotopic (exact) mass is 335 g/mol. The molecular weight excluding hydrogens is 316 g/mol. The van der Waals surface area contributed by atoms with Gasteiger partial charge in [-0.3, -0.25) is 4.99 Å². The normalized spacial score (nSPS) is 11.2. The summed E-state index contributed by atoms with van der Waals surface area (Å²) in [6.45, 7) is 0.142. The highest BCUT2D eigenvalue weighted by atomic mass is 19.1. The third-order valence-corrected chi connectivity index (χ3v) is 3.38. The number of methoxy groups -OCH3 is 2. The third-order valence-electron chi connectivity index (χ3n) is 3.38. The van der Waals surface area contributed by atoms with Crippen LogP contribution in [0.2, 0.25) is 0 Å². The zero-order valence-corrected chi connectivity index (χ0v) is 13.5. The molecule has 0 aliphatic carbocycles.